The van der Waals surface area contributed by atoms with Crippen LogP contribution in [-0.2, 0) is 4.74 Å². The average molecular weight is 223 g/mol. The summed E-state index contributed by atoms with van der Waals surface area (Å²) >= 11 is 0. The van der Waals surface area contributed by atoms with Crippen LogP contribution in [0.4, 0.5) is 4.79 Å². The van der Waals surface area contributed by atoms with Gasteiger partial charge >= 0.3 is 6.09 Å². The minimum Gasteiger partial charge on any atom is -0.449 e. The van der Waals surface area contributed by atoms with Gasteiger partial charge in [-0.15, -0.1) is 0 Å². The zero-order valence-corrected chi connectivity index (χ0v) is 9.86. The summed E-state index contributed by atoms with van der Waals surface area (Å²) in [6, 6.07) is 0. The van der Waals surface area contributed by atoms with Gasteiger partial charge in [0.2, 0.25) is 0 Å². The molecule has 90 valence electrons. The van der Waals surface area contributed by atoms with E-state index >= 15 is 0 Å². The third-order valence-electron chi connectivity index (χ3n) is 3.43. The molecule has 0 aromatic carbocycles. The first kappa shape index (κ1) is 11.5. The second kappa shape index (κ2) is 5.92. The average Bonchev–Trinajstić information content (AvgIpc) is 2.38. The lowest BCUT2D eigenvalue weighted by Crippen LogP contribution is -2.36. The summed E-state index contributed by atoms with van der Waals surface area (Å²) in [6.07, 6.45) is 11.2. The summed E-state index contributed by atoms with van der Waals surface area (Å²) < 4.78 is 5.37. The van der Waals surface area contributed by atoms with Crippen LogP contribution in [0.5, 0.6) is 0 Å². The molecule has 2 rings (SSSR count). The van der Waals surface area contributed by atoms with Gasteiger partial charge in [0, 0.05) is 13.1 Å². The van der Waals surface area contributed by atoms with Crippen LogP contribution >= 0.6 is 0 Å². The van der Waals surface area contributed by atoms with Crippen LogP contribution in [0.2, 0.25) is 0 Å². The first-order chi connectivity index (χ1) is 7.86. The van der Waals surface area contributed by atoms with E-state index < -0.39 is 0 Å². The van der Waals surface area contributed by atoms with E-state index in [4.69, 9.17) is 4.74 Å². The van der Waals surface area contributed by atoms with Crippen LogP contribution in [0, 0.1) is 5.92 Å². The maximum atomic E-state index is 11.7. The molecule has 3 nitrogen and oxygen atoms in total. The minimum absolute atomic E-state index is 0.103. The van der Waals surface area contributed by atoms with Gasteiger partial charge in [-0.2, -0.15) is 0 Å². The largest absolute Gasteiger partial charge is 0.449 e. The zero-order chi connectivity index (χ0) is 11.2. The number of piperidine rings is 1. The van der Waals surface area contributed by atoms with Crippen LogP contribution in [0.15, 0.2) is 12.2 Å². The van der Waals surface area contributed by atoms with E-state index in [0.29, 0.717) is 12.5 Å². The monoisotopic (exact) mass is 223 g/mol. The summed E-state index contributed by atoms with van der Waals surface area (Å²) in [7, 11) is 0. The maximum absolute atomic E-state index is 11.7. The van der Waals surface area contributed by atoms with Crippen LogP contribution in [0.1, 0.15) is 38.5 Å². The van der Waals surface area contributed by atoms with Gasteiger partial charge in [-0.1, -0.05) is 12.2 Å². The quantitative estimate of drug-likeness (QED) is 0.673. The van der Waals surface area contributed by atoms with Crippen molar-refractivity contribution in [1.29, 1.82) is 0 Å². The highest BCUT2D eigenvalue weighted by Gasteiger charge is 2.19. The molecule has 3 heteroatoms. The maximum Gasteiger partial charge on any atom is 0.409 e. The molecule has 1 aliphatic heterocycles. The van der Waals surface area contributed by atoms with Crippen LogP contribution in [-0.4, -0.2) is 30.7 Å². The van der Waals surface area contributed by atoms with Gasteiger partial charge in [-0.3, -0.25) is 0 Å². The molecular formula is C13H21NO2. The fourth-order valence-corrected chi connectivity index (χ4v) is 2.36. The summed E-state index contributed by atoms with van der Waals surface area (Å²) in [5.74, 6) is 0.541. The first-order valence-corrected chi connectivity index (χ1v) is 6.43. The number of amides is 1. The molecule has 0 saturated carbocycles. The van der Waals surface area contributed by atoms with Gasteiger partial charge in [-0.25, -0.2) is 4.79 Å². The molecule has 1 heterocycles. The molecule has 1 saturated heterocycles. The van der Waals surface area contributed by atoms with E-state index in [1.807, 2.05) is 4.90 Å². The van der Waals surface area contributed by atoms with Crippen molar-refractivity contribution in [1.82, 2.24) is 4.90 Å². The molecule has 0 N–H and O–H groups in total. The highest BCUT2D eigenvalue weighted by Crippen LogP contribution is 2.19. The van der Waals surface area contributed by atoms with E-state index in [1.165, 1.54) is 6.42 Å². The molecule has 2 aliphatic rings. The lowest BCUT2D eigenvalue weighted by atomic mass is 9.95. The Morgan fingerprint density at radius 3 is 2.75 bits per heavy atom. The highest BCUT2D eigenvalue weighted by atomic mass is 16.6. The lowest BCUT2D eigenvalue weighted by Gasteiger charge is -2.27. The number of rotatable bonds is 2. The third kappa shape index (κ3) is 3.26. The van der Waals surface area contributed by atoms with Crippen molar-refractivity contribution in [3.05, 3.63) is 12.2 Å². The number of likely N-dealkylation sites (tertiary alicyclic amines) is 1. The molecule has 1 unspecified atom stereocenters. The standard InChI is InChI=1S/C13H21NO2/c15-13(14-9-5-2-6-10-14)16-11-12-7-3-1-4-8-12/h1,3,12H,2,4-11H2. The summed E-state index contributed by atoms with van der Waals surface area (Å²) in [5, 5.41) is 0. The van der Waals surface area contributed by atoms with Gasteiger partial charge in [-0.05, 0) is 44.4 Å². The number of carbonyl (C=O) groups is 1. The molecule has 1 atom stereocenters. The molecule has 1 aliphatic carbocycles. The predicted molar refractivity (Wildman–Crippen MR) is 63.3 cm³/mol. The Hall–Kier alpha value is -0.990. The first-order valence-electron chi connectivity index (χ1n) is 6.43. The second-order valence-electron chi connectivity index (χ2n) is 4.78. The fourth-order valence-electron chi connectivity index (χ4n) is 2.36. The minimum atomic E-state index is -0.103. The van der Waals surface area contributed by atoms with Gasteiger partial charge in [0.15, 0.2) is 0 Å². The van der Waals surface area contributed by atoms with Gasteiger partial charge in [0.1, 0.15) is 0 Å². The number of nitrogens with zero attached hydrogens (tertiary/aromatic N) is 1. The molecule has 0 aromatic rings. The van der Waals surface area contributed by atoms with Gasteiger partial charge < -0.3 is 9.64 Å². The SMILES string of the molecule is O=C(OCC1CC=CCC1)N1CCCCC1. The van der Waals surface area contributed by atoms with E-state index in [9.17, 15) is 4.79 Å². The smallest absolute Gasteiger partial charge is 0.409 e. The van der Waals surface area contributed by atoms with E-state index in [0.717, 1.165) is 45.2 Å². The Labute approximate surface area is 97.5 Å². The van der Waals surface area contributed by atoms with Gasteiger partial charge in [0.05, 0.1) is 6.61 Å². The van der Waals surface area contributed by atoms with Crippen molar-refractivity contribution < 1.29 is 9.53 Å². The number of carbonyl (C=O) groups excluding carboxylic acids is 1. The summed E-state index contributed by atoms with van der Waals surface area (Å²) in [4.78, 5) is 13.6. The molecule has 0 bridgehead atoms. The Kier molecular flexibility index (Phi) is 4.25. The van der Waals surface area contributed by atoms with Crippen LogP contribution in [0.25, 0.3) is 0 Å². The van der Waals surface area contributed by atoms with Crippen LogP contribution < -0.4 is 0 Å². The van der Waals surface area contributed by atoms with Crippen molar-refractivity contribution in [2.24, 2.45) is 5.92 Å². The van der Waals surface area contributed by atoms with E-state index in [-0.39, 0.29) is 6.09 Å². The molecule has 0 spiro atoms. The van der Waals surface area contributed by atoms with Crippen LogP contribution in [0.3, 0.4) is 0 Å². The number of hydrogen-bond donors (Lipinski definition) is 0. The van der Waals surface area contributed by atoms with Crippen molar-refractivity contribution in [3.63, 3.8) is 0 Å². The van der Waals surface area contributed by atoms with Crippen molar-refractivity contribution in [2.45, 2.75) is 38.5 Å². The number of allylic oxidation sites excluding steroid dienone is 2. The number of hydrogen-bond acceptors (Lipinski definition) is 2. The Morgan fingerprint density at radius 1 is 1.25 bits per heavy atom. The molecule has 16 heavy (non-hydrogen) atoms. The second-order valence-corrected chi connectivity index (χ2v) is 4.78. The summed E-state index contributed by atoms with van der Waals surface area (Å²) in [5.41, 5.74) is 0. The molecular weight excluding hydrogens is 202 g/mol. The van der Waals surface area contributed by atoms with E-state index in [2.05, 4.69) is 12.2 Å². The third-order valence-corrected chi connectivity index (χ3v) is 3.43. The van der Waals surface area contributed by atoms with Crippen molar-refractivity contribution in [3.8, 4) is 0 Å². The lowest BCUT2D eigenvalue weighted by molar-refractivity contribution is 0.0799. The fraction of sp³-hybridized carbons (Fsp3) is 0.769. The van der Waals surface area contributed by atoms with Crippen molar-refractivity contribution in [2.75, 3.05) is 19.7 Å². The molecule has 1 fully saturated rings. The summed E-state index contributed by atoms with van der Waals surface area (Å²) in [6.45, 7) is 2.35. The topological polar surface area (TPSA) is 29.5 Å². The predicted octanol–water partition coefficient (Wildman–Crippen LogP) is 2.97. The molecule has 1 amide bonds. The molecule has 0 radical (unpaired) electrons. The molecule has 0 aromatic heterocycles. The number of ether oxygens (including phenoxy) is 1. The Balaban J connectivity index is 1.68. The van der Waals surface area contributed by atoms with Gasteiger partial charge in [0.25, 0.3) is 0 Å². The Morgan fingerprint density at radius 2 is 2.06 bits per heavy atom. The Bertz CT molecular complexity index is 257. The zero-order valence-electron chi connectivity index (χ0n) is 9.86. The normalized spacial score (nSPS) is 25.5. The highest BCUT2D eigenvalue weighted by molar-refractivity contribution is 5.67. The van der Waals surface area contributed by atoms with E-state index in [1.54, 1.807) is 0 Å². The van der Waals surface area contributed by atoms with Crippen molar-refractivity contribution >= 4 is 6.09 Å².